The maximum absolute atomic E-state index is 13.1. The van der Waals surface area contributed by atoms with Crippen molar-refractivity contribution in [3.8, 4) is 5.75 Å². The lowest BCUT2D eigenvalue weighted by atomic mass is 10.0. The minimum absolute atomic E-state index is 0.0340. The molecule has 0 saturated heterocycles. The highest BCUT2D eigenvalue weighted by molar-refractivity contribution is 5.87. The summed E-state index contributed by atoms with van der Waals surface area (Å²) in [5, 5.41) is 14.9. The average Bonchev–Trinajstić information content (AvgIpc) is 2.91. The lowest BCUT2D eigenvalue weighted by molar-refractivity contribution is -0.147. The fourth-order valence-corrected chi connectivity index (χ4v) is 3.67. The molecule has 0 fully saturated rings. The van der Waals surface area contributed by atoms with E-state index in [-0.39, 0.29) is 26.1 Å². The number of rotatable bonds is 14. The molecule has 37 heavy (non-hydrogen) atoms. The number of hydrogen-bond donors (Lipinski definition) is 3. The Balaban J connectivity index is 1.72. The Bertz CT molecular complexity index is 1120. The van der Waals surface area contributed by atoms with E-state index in [1.807, 2.05) is 91.0 Å². The summed E-state index contributed by atoms with van der Waals surface area (Å²) >= 11 is 0. The molecule has 1 amide bonds. The molecule has 0 aliphatic carbocycles. The van der Waals surface area contributed by atoms with Crippen LogP contribution in [0.1, 0.15) is 18.1 Å². The van der Waals surface area contributed by atoms with Crippen molar-refractivity contribution in [2.75, 3.05) is 13.2 Å². The zero-order valence-electron chi connectivity index (χ0n) is 20.7. The maximum Gasteiger partial charge on any atom is 0.325 e. The van der Waals surface area contributed by atoms with Crippen molar-refractivity contribution in [3.05, 3.63) is 102 Å². The molecule has 8 heteroatoms. The van der Waals surface area contributed by atoms with Crippen LogP contribution in [0.4, 0.5) is 0 Å². The van der Waals surface area contributed by atoms with E-state index >= 15 is 0 Å². The van der Waals surface area contributed by atoms with Gasteiger partial charge in [0.2, 0.25) is 5.91 Å². The van der Waals surface area contributed by atoms with Crippen molar-refractivity contribution in [2.45, 2.75) is 37.9 Å². The fraction of sp³-hybridized carbons (Fsp3) is 0.276. The minimum atomic E-state index is -1.15. The predicted molar refractivity (Wildman–Crippen MR) is 139 cm³/mol. The summed E-state index contributed by atoms with van der Waals surface area (Å²) in [5.41, 5.74) is 1.75. The summed E-state index contributed by atoms with van der Waals surface area (Å²) in [6.45, 7) is 1.60. The molecule has 0 bridgehead atoms. The zero-order chi connectivity index (χ0) is 26.5. The van der Waals surface area contributed by atoms with E-state index in [1.54, 1.807) is 0 Å². The standard InChI is InChI=1S/C29H32N2O6/c1-21(28(33)34)30-27(32)25(19-22-11-5-2-6-12-22)31-26(20-23-13-7-3-8-14-23)29(35)37-18-17-36-24-15-9-4-10-16-24/h2-16,21,25-26,31H,17-20H2,1H3,(H,30,32)(H,33,34)/t21-,25-,26?/m0/s1. The van der Waals surface area contributed by atoms with Gasteiger partial charge in [0, 0.05) is 0 Å². The van der Waals surface area contributed by atoms with Crippen molar-refractivity contribution in [2.24, 2.45) is 0 Å². The number of nitrogens with one attached hydrogen (secondary N) is 2. The number of amides is 1. The zero-order valence-corrected chi connectivity index (χ0v) is 20.7. The van der Waals surface area contributed by atoms with E-state index in [1.165, 1.54) is 6.92 Å². The second-order valence-electron chi connectivity index (χ2n) is 8.55. The molecule has 0 aromatic heterocycles. The van der Waals surface area contributed by atoms with Crippen LogP contribution in [0.5, 0.6) is 5.75 Å². The normalized spacial score (nSPS) is 13.1. The number of carbonyl (C=O) groups is 3. The number of ether oxygens (including phenoxy) is 2. The van der Waals surface area contributed by atoms with E-state index in [4.69, 9.17) is 9.47 Å². The molecule has 1 unspecified atom stereocenters. The molecule has 0 heterocycles. The Labute approximate surface area is 216 Å². The van der Waals surface area contributed by atoms with Gasteiger partial charge in [0.15, 0.2) is 0 Å². The number of para-hydroxylation sites is 1. The van der Waals surface area contributed by atoms with Crippen LogP contribution in [0.3, 0.4) is 0 Å². The molecule has 8 nitrogen and oxygen atoms in total. The molecule has 3 N–H and O–H groups in total. The largest absolute Gasteiger partial charge is 0.490 e. The third kappa shape index (κ3) is 9.42. The first-order valence-electron chi connectivity index (χ1n) is 12.1. The number of hydrogen-bond acceptors (Lipinski definition) is 6. The molecule has 3 aromatic carbocycles. The predicted octanol–water partition coefficient (Wildman–Crippen LogP) is 3.01. The quantitative estimate of drug-likeness (QED) is 0.228. The van der Waals surface area contributed by atoms with Crippen LogP contribution in [0.25, 0.3) is 0 Å². The average molecular weight is 505 g/mol. The molecule has 3 aromatic rings. The lowest BCUT2D eigenvalue weighted by Crippen LogP contribution is -2.55. The number of benzene rings is 3. The lowest BCUT2D eigenvalue weighted by Gasteiger charge is -2.25. The van der Waals surface area contributed by atoms with Gasteiger partial charge in [0.25, 0.3) is 0 Å². The van der Waals surface area contributed by atoms with Crippen LogP contribution >= 0.6 is 0 Å². The van der Waals surface area contributed by atoms with E-state index in [0.29, 0.717) is 5.75 Å². The van der Waals surface area contributed by atoms with Gasteiger partial charge < -0.3 is 19.9 Å². The summed E-state index contributed by atoms with van der Waals surface area (Å²) in [6.07, 6.45) is 0.543. The second kappa shape index (κ2) is 14.4. The van der Waals surface area contributed by atoms with E-state index in [9.17, 15) is 19.5 Å². The van der Waals surface area contributed by atoms with Gasteiger partial charge in [-0.05, 0) is 43.0 Å². The highest BCUT2D eigenvalue weighted by Crippen LogP contribution is 2.11. The van der Waals surface area contributed by atoms with Crippen LogP contribution in [0.2, 0.25) is 0 Å². The molecular weight excluding hydrogens is 472 g/mol. The Morgan fingerprint density at radius 2 is 1.27 bits per heavy atom. The van der Waals surface area contributed by atoms with Crippen LogP contribution in [0, 0.1) is 0 Å². The number of esters is 1. The van der Waals surface area contributed by atoms with Gasteiger partial charge in [-0.3, -0.25) is 19.7 Å². The van der Waals surface area contributed by atoms with Gasteiger partial charge in [-0.2, -0.15) is 0 Å². The highest BCUT2D eigenvalue weighted by Gasteiger charge is 2.29. The minimum Gasteiger partial charge on any atom is -0.490 e. The Morgan fingerprint density at radius 1 is 0.757 bits per heavy atom. The molecular formula is C29H32N2O6. The topological polar surface area (TPSA) is 114 Å². The molecule has 0 spiro atoms. The third-order valence-corrected chi connectivity index (χ3v) is 5.64. The number of carbonyl (C=O) groups excluding carboxylic acids is 2. The number of aliphatic carboxylic acids is 1. The summed E-state index contributed by atoms with van der Waals surface area (Å²) < 4.78 is 11.1. The van der Waals surface area contributed by atoms with Crippen LogP contribution in [-0.2, 0) is 32.0 Å². The van der Waals surface area contributed by atoms with Gasteiger partial charge in [-0.1, -0.05) is 78.9 Å². The van der Waals surface area contributed by atoms with Gasteiger partial charge in [0.05, 0.1) is 6.04 Å². The molecule has 0 aliphatic rings. The van der Waals surface area contributed by atoms with Gasteiger partial charge in [-0.25, -0.2) is 0 Å². The van der Waals surface area contributed by atoms with E-state index < -0.39 is 36.0 Å². The van der Waals surface area contributed by atoms with E-state index in [0.717, 1.165) is 11.1 Å². The molecule has 0 saturated carbocycles. The molecule has 3 atom stereocenters. The molecule has 194 valence electrons. The Morgan fingerprint density at radius 3 is 1.81 bits per heavy atom. The van der Waals surface area contributed by atoms with Crippen LogP contribution < -0.4 is 15.4 Å². The van der Waals surface area contributed by atoms with Gasteiger partial charge in [-0.15, -0.1) is 0 Å². The second-order valence-corrected chi connectivity index (χ2v) is 8.55. The molecule has 0 radical (unpaired) electrons. The van der Waals surface area contributed by atoms with Crippen molar-refractivity contribution in [1.82, 2.24) is 10.6 Å². The first-order valence-corrected chi connectivity index (χ1v) is 12.1. The van der Waals surface area contributed by atoms with Crippen LogP contribution in [0.15, 0.2) is 91.0 Å². The number of carboxylic acid groups (broad SMARTS) is 1. The van der Waals surface area contributed by atoms with Gasteiger partial charge >= 0.3 is 11.9 Å². The summed E-state index contributed by atoms with van der Waals surface area (Å²) in [5.74, 6) is -1.52. The Hall–Kier alpha value is -4.17. The van der Waals surface area contributed by atoms with Gasteiger partial charge in [0.1, 0.15) is 31.0 Å². The highest BCUT2D eigenvalue weighted by atomic mass is 16.6. The third-order valence-electron chi connectivity index (χ3n) is 5.64. The number of carboxylic acids is 1. The first-order chi connectivity index (χ1) is 17.9. The summed E-state index contributed by atoms with van der Waals surface area (Å²) in [4.78, 5) is 37.5. The van der Waals surface area contributed by atoms with Crippen molar-refractivity contribution in [3.63, 3.8) is 0 Å². The van der Waals surface area contributed by atoms with Crippen molar-refractivity contribution >= 4 is 17.8 Å². The molecule has 3 rings (SSSR count). The smallest absolute Gasteiger partial charge is 0.325 e. The van der Waals surface area contributed by atoms with Crippen molar-refractivity contribution in [1.29, 1.82) is 0 Å². The van der Waals surface area contributed by atoms with Crippen molar-refractivity contribution < 1.29 is 29.0 Å². The first kappa shape index (κ1) is 27.4. The van der Waals surface area contributed by atoms with Crippen LogP contribution in [-0.4, -0.2) is 54.3 Å². The summed E-state index contributed by atoms with van der Waals surface area (Å²) in [7, 11) is 0. The SMILES string of the molecule is C[C@H](NC(=O)[C@H](Cc1ccccc1)NC(Cc1ccccc1)C(=O)OCCOc1ccccc1)C(=O)O. The summed E-state index contributed by atoms with van der Waals surface area (Å²) in [6, 6.07) is 25.1. The van der Waals surface area contributed by atoms with E-state index in [2.05, 4.69) is 10.6 Å². The maximum atomic E-state index is 13.1. The molecule has 0 aliphatic heterocycles. The fourth-order valence-electron chi connectivity index (χ4n) is 3.67. The Kier molecular flexibility index (Phi) is 10.7. The monoisotopic (exact) mass is 504 g/mol.